The maximum absolute atomic E-state index is 13.4. The third-order valence-electron chi connectivity index (χ3n) is 17.0. The summed E-state index contributed by atoms with van der Waals surface area (Å²) < 4.78 is 34.7. The predicted molar refractivity (Wildman–Crippen MR) is 320 cm³/mol. The molecule has 0 aromatic carbocycles. The van der Waals surface area contributed by atoms with Gasteiger partial charge in [0.25, 0.3) is 5.79 Å². The molecule has 3 saturated heterocycles. The highest BCUT2D eigenvalue weighted by Gasteiger charge is 2.60. The molecule has 0 aromatic rings. The Labute approximate surface area is 511 Å². The molecule has 23 heteroatoms. The summed E-state index contributed by atoms with van der Waals surface area (Å²) in [5.41, 5.74) is 0. The Balaban J connectivity index is 1.62. The number of aliphatic hydroxyl groups excluding tert-OH is 11. The van der Waals surface area contributed by atoms with E-state index in [0.29, 0.717) is 12.8 Å². The van der Waals surface area contributed by atoms with Crippen molar-refractivity contribution in [3.8, 4) is 0 Å². The number of aliphatic carboxylic acids is 1. The fraction of sp³-hybridized carbons (Fsp3) is 0.921. The SMILES string of the molecule is CCCCCCCCCCCCC/C=C/[C@@H](O)[C@H](CO[C@@H]1O[C@H](CO)[C@@H](O[C@@H]2O[C@H](CO)[C@H](O)[C@H](O[C@]3(C(=O)O)C[C@H](O)[C@@H](NC(C)=O)[C@H]([C@H](O)[C@H](O)CO)O3)[C@H]2O)[C@H](O)[C@H]1O)NC(=O)CCCCCCCCCCCCCCCCCCCCC. The molecule has 504 valence electrons. The first-order valence-electron chi connectivity index (χ1n) is 33.1. The molecule has 3 aliphatic heterocycles. The number of carbonyl (C=O) groups is 3. The molecule has 23 nitrogen and oxygen atoms in total. The van der Waals surface area contributed by atoms with Crippen LogP contribution in [0.4, 0.5) is 0 Å². The van der Waals surface area contributed by atoms with Gasteiger partial charge in [0.2, 0.25) is 11.8 Å². The van der Waals surface area contributed by atoms with Gasteiger partial charge in [0.05, 0.1) is 50.7 Å². The normalized spacial score (nSPS) is 29.4. The Morgan fingerprint density at radius 3 is 1.55 bits per heavy atom. The summed E-state index contributed by atoms with van der Waals surface area (Å²) in [6.07, 6.45) is 11.2. The van der Waals surface area contributed by atoms with Crippen LogP contribution in [0.15, 0.2) is 12.2 Å². The van der Waals surface area contributed by atoms with Gasteiger partial charge in [-0.25, -0.2) is 4.79 Å². The summed E-state index contributed by atoms with van der Waals surface area (Å²) in [6.45, 7) is 2.12. The van der Waals surface area contributed by atoms with E-state index in [2.05, 4.69) is 24.5 Å². The zero-order valence-electron chi connectivity index (χ0n) is 52.2. The topological polar surface area (TPSA) is 373 Å². The highest BCUT2D eigenvalue weighted by atomic mass is 16.8. The molecule has 0 saturated carbocycles. The van der Waals surface area contributed by atoms with E-state index >= 15 is 0 Å². The number of hydrogen-bond acceptors (Lipinski definition) is 20. The van der Waals surface area contributed by atoms with Crippen LogP contribution in [0.5, 0.6) is 0 Å². The highest BCUT2D eigenvalue weighted by Crippen LogP contribution is 2.38. The molecular weight excluding hydrogens is 1120 g/mol. The number of unbranched alkanes of at least 4 members (excludes halogenated alkanes) is 29. The van der Waals surface area contributed by atoms with Crippen molar-refractivity contribution in [2.45, 2.75) is 342 Å². The maximum Gasteiger partial charge on any atom is 0.364 e. The minimum Gasteiger partial charge on any atom is -0.477 e. The van der Waals surface area contributed by atoms with E-state index in [0.717, 1.165) is 51.9 Å². The van der Waals surface area contributed by atoms with Crippen molar-refractivity contribution >= 4 is 17.8 Å². The number of carboxylic acid groups (broad SMARTS) is 1. The molecule has 0 aliphatic carbocycles. The van der Waals surface area contributed by atoms with E-state index in [4.69, 9.17) is 28.4 Å². The van der Waals surface area contributed by atoms with E-state index in [1.54, 1.807) is 6.08 Å². The summed E-state index contributed by atoms with van der Waals surface area (Å²) in [5, 5.41) is 136. The Bertz CT molecular complexity index is 1810. The molecule has 0 unspecified atom stereocenters. The summed E-state index contributed by atoms with van der Waals surface area (Å²) >= 11 is 0. The Morgan fingerprint density at radius 1 is 0.605 bits per heavy atom. The molecule has 14 N–H and O–H groups in total. The van der Waals surface area contributed by atoms with Crippen molar-refractivity contribution in [2.75, 3.05) is 26.4 Å². The van der Waals surface area contributed by atoms with Crippen molar-refractivity contribution in [3.63, 3.8) is 0 Å². The molecular formula is C63H116N2O21. The lowest BCUT2D eigenvalue weighted by Crippen LogP contribution is -2.70. The van der Waals surface area contributed by atoms with E-state index < -0.39 is 155 Å². The van der Waals surface area contributed by atoms with Crippen LogP contribution in [-0.2, 0) is 42.8 Å². The molecule has 3 fully saturated rings. The van der Waals surface area contributed by atoms with Gasteiger partial charge < -0.3 is 100 Å². The Morgan fingerprint density at radius 2 is 1.08 bits per heavy atom. The molecule has 0 spiro atoms. The third kappa shape index (κ3) is 27.9. The second kappa shape index (κ2) is 44.9. The van der Waals surface area contributed by atoms with Gasteiger partial charge in [0.1, 0.15) is 67.1 Å². The van der Waals surface area contributed by atoms with Gasteiger partial charge in [0.15, 0.2) is 12.6 Å². The smallest absolute Gasteiger partial charge is 0.364 e. The number of aliphatic hydroxyl groups is 11. The Kier molecular flexibility index (Phi) is 40.5. The molecule has 0 bridgehead atoms. The first-order valence-corrected chi connectivity index (χ1v) is 33.1. The number of nitrogens with one attached hydrogen (secondary N) is 2. The van der Waals surface area contributed by atoms with Gasteiger partial charge >= 0.3 is 5.97 Å². The second-order valence-electron chi connectivity index (χ2n) is 24.3. The van der Waals surface area contributed by atoms with Crippen molar-refractivity contribution in [2.24, 2.45) is 0 Å². The molecule has 3 heterocycles. The minimum atomic E-state index is -3.08. The number of rotatable bonds is 49. The van der Waals surface area contributed by atoms with Crippen LogP contribution >= 0.6 is 0 Å². The molecule has 18 atom stereocenters. The summed E-state index contributed by atoms with van der Waals surface area (Å²) in [6, 6.07) is -2.61. The van der Waals surface area contributed by atoms with Gasteiger partial charge in [0, 0.05) is 19.8 Å². The second-order valence-corrected chi connectivity index (χ2v) is 24.3. The van der Waals surface area contributed by atoms with Crippen LogP contribution in [0, 0.1) is 0 Å². The van der Waals surface area contributed by atoms with Crippen LogP contribution in [0.3, 0.4) is 0 Å². The van der Waals surface area contributed by atoms with Gasteiger partial charge in [-0.2, -0.15) is 0 Å². The zero-order chi connectivity index (χ0) is 63.3. The van der Waals surface area contributed by atoms with Gasteiger partial charge in [-0.1, -0.05) is 206 Å². The lowest BCUT2D eigenvalue weighted by atomic mass is 9.88. The number of ether oxygens (including phenoxy) is 6. The van der Waals surface area contributed by atoms with Crippen molar-refractivity contribution in [1.29, 1.82) is 0 Å². The molecule has 2 amide bonds. The van der Waals surface area contributed by atoms with Crippen LogP contribution in [0.25, 0.3) is 0 Å². The summed E-state index contributed by atoms with van der Waals surface area (Å²) in [5.74, 6) is -6.14. The van der Waals surface area contributed by atoms with E-state index in [1.165, 1.54) is 141 Å². The summed E-state index contributed by atoms with van der Waals surface area (Å²) in [7, 11) is 0. The predicted octanol–water partition coefficient (Wildman–Crippen LogP) is 4.73. The highest BCUT2D eigenvalue weighted by molar-refractivity contribution is 5.77. The average Bonchev–Trinajstić information content (AvgIpc) is 1.37. The Hall–Kier alpha value is -2.53. The van der Waals surface area contributed by atoms with Gasteiger partial charge in [-0.05, 0) is 19.3 Å². The third-order valence-corrected chi connectivity index (χ3v) is 17.0. The van der Waals surface area contributed by atoms with Crippen molar-refractivity contribution < 1.29 is 104 Å². The molecule has 3 aliphatic rings. The number of carboxylic acids is 1. The van der Waals surface area contributed by atoms with Gasteiger partial charge in [-0.3, -0.25) is 9.59 Å². The fourth-order valence-electron chi connectivity index (χ4n) is 11.6. The molecule has 0 radical (unpaired) electrons. The van der Waals surface area contributed by atoms with Crippen LogP contribution in [0.1, 0.15) is 233 Å². The fourth-order valence-corrected chi connectivity index (χ4v) is 11.6. The average molecular weight is 1240 g/mol. The van der Waals surface area contributed by atoms with Crippen molar-refractivity contribution in [3.05, 3.63) is 12.2 Å². The van der Waals surface area contributed by atoms with Crippen LogP contribution in [0.2, 0.25) is 0 Å². The molecule has 86 heavy (non-hydrogen) atoms. The minimum absolute atomic E-state index is 0.205. The zero-order valence-corrected chi connectivity index (χ0v) is 52.2. The number of carbonyl (C=O) groups excluding carboxylic acids is 2. The first-order chi connectivity index (χ1) is 41.4. The molecule has 0 aromatic heterocycles. The van der Waals surface area contributed by atoms with Crippen LogP contribution in [-0.4, -0.2) is 215 Å². The van der Waals surface area contributed by atoms with E-state index in [-0.39, 0.29) is 12.3 Å². The quantitative estimate of drug-likeness (QED) is 0.0289. The molecule has 3 rings (SSSR count). The number of allylic oxidation sites excluding steroid dienone is 1. The van der Waals surface area contributed by atoms with E-state index in [9.17, 15) is 75.7 Å². The van der Waals surface area contributed by atoms with Crippen LogP contribution < -0.4 is 10.6 Å². The summed E-state index contributed by atoms with van der Waals surface area (Å²) in [4.78, 5) is 38.5. The number of hydrogen-bond donors (Lipinski definition) is 14. The number of amides is 2. The maximum atomic E-state index is 13.4. The van der Waals surface area contributed by atoms with Crippen molar-refractivity contribution in [1.82, 2.24) is 10.6 Å². The largest absolute Gasteiger partial charge is 0.477 e. The first kappa shape index (κ1) is 77.7. The lowest BCUT2D eigenvalue weighted by molar-refractivity contribution is -0.386. The standard InChI is InChI=1S/C63H116N2O21/c1-4-6-8-10-12-14-16-18-19-20-21-22-23-25-27-29-31-33-35-37-50(73)65-44(45(70)36-34-32-30-28-26-24-17-15-13-11-9-7-5-2)42-81-60-55(77)54(76)57(49(41-68)83-60)84-61-56(78)59(53(75)48(40-67)82-61)86-63(62(79)80)38-46(71)51(64-43(3)69)58(85-63)52(74)47(72)39-66/h34,36,44-49,51-61,66-68,70-72,74-78H,4-33,35,37-42H2,1-3H3,(H,64,69)(H,65,73)(H,79,80)/b36-34+/t44-,45+,46-,47+,48+,49+,51+,52+,53-,54+,55+,56+,57+,58+,59-,60+,61-,63-/m0/s1. The monoisotopic (exact) mass is 1240 g/mol. The lowest BCUT2D eigenvalue weighted by Gasteiger charge is -2.50. The van der Waals surface area contributed by atoms with E-state index in [1.807, 2.05) is 6.08 Å². The van der Waals surface area contributed by atoms with Gasteiger partial charge in [-0.15, -0.1) is 0 Å².